The number of amidine groups is 1. The second-order valence-electron chi connectivity index (χ2n) is 2.79. The van der Waals surface area contributed by atoms with E-state index in [4.69, 9.17) is 0 Å². The van der Waals surface area contributed by atoms with Gasteiger partial charge in [0.25, 0.3) is 0 Å². The Labute approximate surface area is 97.7 Å². The lowest BCUT2D eigenvalue weighted by atomic mass is 10.4. The first-order valence-electron chi connectivity index (χ1n) is 5.13. The van der Waals surface area contributed by atoms with Gasteiger partial charge in [-0.1, -0.05) is 30.9 Å². The Kier molecular flexibility index (Phi) is 8.50. The zero-order valence-corrected chi connectivity index (χ0v) is 10.1. The molecule has 0 aromatic heterocycles. The third-order valence-corrected chi connectivity index (χ3v) is 1.60. The van der Waals surface area contributed by atoms with Gasteiger partial charge < -0.3 is 5.32 Å². The molecule has 0 saturated carbocycles. The van der Waals surface area contributed by atoms with Gasteiger partial charge in [-0.3, -0.25) is 4.99 Å². The number of hydrogen-bond acceptors (Lipinski definition) is 2. The van der Waals surface area contributed by atoms with E-state index in [9.17, 15) is 0 Å². The maximum Gasteiger partial charge on any atom is 0.130 e. The van der Waals surface area contributed by atoms with Gasteiger partial charge in [0.1, 0.15) is 11.7 Å². The van der Waals surface area contributed by atoms with Crippen LogP contribution in [0, 0.1) is 0 Å². The first-order chi connectivity index (χ1) is 7.78. The van der Waals surface area contributed by atoms with Gasteiger partial charge in [0.2, 0.25) is 0 Å². The van der Waals surface area contributed by atoms with Gasteiger partial charge >= 0.3 is 0 Å². The van der Waals surface area contributed by atoms with Crippen molar-refractivity contribution < 1.29 is 0 Å². The number of allylic oxidation sites excluding steroid dienone is 5. The van der Waals surface area contributed by atoms with Crippen molar-refractivity contribution >= 4 is 12.1 Å². The molecule has 0 radical (unpaired) electrons. The van der Waals surface area contributed by atoms with Gasteiger partial charge in [0.15, 0.2) is 0 Å². The molecule has 0 aliphatic carbocycles. The third-order valence-electron chi connectivity index (χ3n) is 1.60. The van der Waals surface area contributed by atoms with E-state index in [1.165, 1.54) is 0 Å². The van der Waals surface area contributed by atoms with Crippen molar-refractivity contribution in [1.29, 1.82) is 0 Å². The Bertz CT molecular complexity index is 344. The summed E-state index contributed by atoms with van der Waals surface area (Å²) in [5.41, 5.74) is 0. The minimum Gasteiger partial charge on any atom is -0.325 e. The van der Waals surface area contributed by atoms with Gasteiger partial charge in [-0.05, 0) is 26.0 Å². The molecule has 86 valence electrons. The highest BCUT2D eigenvalue weighted by atomic mass is 15.1. The van der Waals surface area contributed by atoms with Crippen LogP contribution < -0.4 is 5.32 Å². The lowest BCUT2D eigenvalue weighted by molar-refractivity contribution is 1.08. The summed E-state index contributed by atoms with van der Waals surface area (Å²) in [6.45, 7) is 7.43. The zero-order valence-electron chi connectivity index (χ0n) is 10.1. The normalized spacial score (nSPS) is 14.2. The monoisotopic (exact) mass is 217 g/mol. The highest BCUT2D eigenvalue weighted by Crippen LogP contribution is 1.93. The molecule has 0 aliphatic heterocycles. The van der Waals surface area contributed by atoms with Gasteiger partial charge in [0, 0.05) is 13.3 Å². The van der Waals surface area contributed by atoms with Crippen LogP contribution in [-0.2, 0) is 0 Å². The molecular weight excluding hydrogens is 198 g/mol. The van der Waals surface area contributed by atoms with E-state index >= 15 is 0 Å². The fourth-order valence-electron chi connectivity index (χ4n) is 0.906. The SMILES string of the molecule is C=C/C=C\C(=NC)N/C(=C/C=C\C)N=CC. The average Bonchev–Trinajstić information content (AvgIpc) is 2.31. The summed E-state index contributed by atoms with van der Waals surface area (Å²) < 4.78 is 0. The molecule has 16 heavy (non-hydrogen) atoms. The lowest BCUT2D eigenvalue weighted by Crippen LogP contribution is -2.19. The summed E-state index contributed by atoms with van der Waals surface area (Å²) in [6.07, 6.45) is 12.8. The number of rotatable bonds is 5. The summed E-state index contributed by atoms with van der Waals surface area (Å²) in [4.78, 5) is 8.28. The van der Waals surface area contributed by atoms with Crippen LogP contribution in [0.4, 0.5) is 0 Å². The molecule has 0 amide bonds. The average molecular weight is 217 g/mol. The second kappa shape index (κ2) is 9.65. The number of hydrogen-bond donors (Lipinski definition) is 1. The Hall–Kier alpha value is -1.90. The summed E-state index contributed by atoms with van der Waals surface area (Å²) in [5, 5.41) is 3.10. The Morgan fingerprint density at radius 2 is 2.00 bits per heavy atom. The van der Waals surface area contributed by atoms with Crippen LogP contribution in [0.3, 0.4) is 0 Å². The van der Waals surface area contributed by atoms with E-state index in [0.717, 1.165) is 11.7 Å². The van der Waals surface area contributed by atoms with Crippen LogP contribution in [-0.4, -0.2) is 19.1 Å². The standard InChI is InChI=1S/C13H19N3/c1-5-8-10-12(14-4)16-13(15-7-3)11-9-6-2/h5-11H,1H2,2-4H3,(H,14,16)/b9-6-,10-8-,13-11+,15-7?. The van der Waals surface area contributed by atoms with Crippen molar-refractivity contribution in [1.82, 2.24) is 5.32 Å². The largest absolute Gasteiger partial charge is 0.325 e. The summed E-state index contributed by atoms with van der Waals surface area (Å²) in [6, 6.07) is 0. The number of aliphatic imine (C=N–C) groups is 2. The maximum absolute atomic E-state index is 4.19. The summed E-state index contributed by atoms with van der Waals surface area (Å²) in [7, 11) is 1.72. The smallest absolute Gasteiger partial charge is 0.130 e. The second-order valence-corrected chi connectivity index (χ2v) is 2.79. The summed E-state index contributed by atoms with van der Waals surface area (Å²) in [5.74, 6) is 1.48. The van der Waals surface area contributed by atoms with Crippen LogP contribution >= 0.6 is 0 Å². The number of nitrogens with one attached hydrogen (secondary N) is 1. The molecule has 0 rings (SSSR count). The third kappa shape index (κ3) is 6.54. The molecule has 1 N–H and O–H groups in total. The van der Waals surface area contributed by atoms with Crippen molar-refractivity contribution in [2.24, 2.45) is 9.98 Å². The molecule has 0 saturated heterocycles. The van der Waals surface area contributed by atoms with Crippen LogP contribution in [0.2, 0.25) is 0 Å². The highest BCUT2D eigenvalue weighted by Gasteiger charge is 1.94. The molecule has 0 heterocycles. The highest BCUT2D eigenvalue weighted by molar-refractivity contribution is 5.94. The van der Waals surface area contributed by atoms with Crippen molar-refractivity contribution in [3.05, 3.63) is 48.9 Å². The molecule has 0 fully saturated rings. The maximum atomic E-state index is 4.19. The van der Waals surface area contributed by atoms with E-state index in [2.05, 4.69) is 21.9 Å². The van der Waals surface area contributed by atoms with E-state index in [0.29, 0.717) is 0 Å². The molecule has 0 bridgehead atoms. The molecule has 0 aliphatic rings. The van der Waals surface area contributed by atoms with Gasteiger partial charge in [-0.2, -0.15) is 0 Å². The first-order valence-corrected chi connectivity index (χ1v) is 5.13. The molecular formula is C13H19N3. The van der Waals surface area contributed by atoms with Crippen LogP contribution in [0.1, 0.15) is 13.8 Å². The fraction of sp³-hybridized carbons (Fsp3) is 0.231. The van der Waals surface area contributed by atoms with Gasteiger partial charge in [-0.15, -0.1) is 0 Å². The van der Waals surface area contributed by atoms with Gasteiger partial charge in [0.05, 0.1) is 0 Å². The fourth-order valence-corrected chi connectivity index (χ4v) is 0.906. The van der Waals surface area contributed by atoms with Crippen molar-refractivity contribution in [2.75, 3.05) is 7.05 Å². The van der Waals surface area contributed by atoms with E-state index in [1.54, 1.807) is 19.3 Å². The predicted octanol–water partition coefficient (Wildman–Crippen LogP) is 2.85. The zero-order chi connectivity index (χ0) is 12.2. The molecule has 0 spiro atoms. The van der Waals surface area contributed by atoms with Crippen molar-refractivity contribution in [3.8, 4) is 0 Å². The Morgan fingerprint density at radius 1 is 1.25 bits per heavy atom. The van der Waals surface area contributed by atoms with E-state index < -0.39 is 0 Å². The van der Waals surface area contributed by atoms with Crippen LogP contribution in [0.15, 0.2) is 58.8 Å². The Balaban J connectivity index is 4.72. The first kappa shape index (κ1) is 14.1. The molecule has 0 atom stereocenters. The van der Waals surface area contributed by atoms with Crippen molar-refractivity contribution in [2.45, 2.75) is 13.8 Å². The van der Waals surface area contributed by atoms with Gasteiger partial charge in [-0.25, -0.2) is 4.99 Å². The minimum atomic E-state index is 0.737. The van der Waals surface area contributed by atoms with Crippen LogP contribution in [0.25, 0.3) is 0 Å². The lowest BCUT2D eigenvalue weighted by Gasteiger charge is -2.04. The molecule has 0 aromatic rings. The summed E-state index contributed by atoms with van der Waals surface area (Å²) >= 11 is 0. The topological polar surface area (TPSA) is 36.8 Å². The van der Waals surface area contributed by atoms with E-state index in [1.807, 2.05) is 44.2 Å². The molecule has 0 unspecified atom stereocenters. The number of nitrogens with zero attached hydrogens (tertiary/aromatic N) is 2. The Morgan fingerprint density at radius 3 is 2.50 bits per heavy atom. The van der Waals surface area contributed by atoms with E-state index in [-0.39, 0.29) is 0 Å². The van der Waals surface area contributed by atoms with Crippen molar-refractivity contribution in [3.63, 3.8) is 0 Å². The molecule has 3 heteroatoms. The predicted molar refractivity (Wildman–Crippen MR) is 72.9 cm³/mol. The minimum absolute atomic E-state index is 0.737. The molecule has 0 aromatic carbocycles. The molecule has 3 nitrogen and oxygen atoms in total. The van der Waals surface area contributed by atoms with Crippen LogP contribution in [0.5, 0.6) is 0 Å². The quantitative estimate of drug-likeness (QED) is 0.429.